The van der Waals surface area contributed by atoms with E-state index >= 15 is 0 Å². The number of carbonyl (C=O) groups is 2. The van der Waals surface area contributed by atoms with Gasteiger partial charge in [0.25, 0.3) is 11.8 Å². The van der Waals surface area contributed by atoms with Gasteiger partial charge in [-0.1, -0.05) is 11.6 Å². The molecule has 4 aromatic rings. The summed E-state index contributed by atoms with van der Waals surface area (Å²) in [6.07, 6.45) is 3.20. The fraction of sp³-hybridized carbons (Fsp3) is 0.261. The lowest BCUT2D eigenvalue weighted by Gasteiger charge is -2.24. The summed E-state index contributed by atoms with van der Waals surface area (Å²) in [4.78, 5) is 30.9. The average molecular weight is 512 g/mol. The molecule has 12 heteroatoms. The minimum Gasteiger partial charge on any atom is -0.472 e. The summed E-state index contributed by atoms with van der Waals surface area (Å²) in [5.74, 6) is 1.45. The molecule has 0 aromatic carbocycles. The van der Waals surface area contributed by atoms with Crippen LogP contribution >= 0.6 is 23.4 Å². The van der Waals surface area contributed by atoms with Crippen LogP contribution in [-0.2, 0) is 0 Å². The molecule has 0 radical (unpaired) electrons. The second-order valence-electron chi connectivity index (χ2n) is 7.90. The molecule has 0 bridgehead atoms. The molecule has 0 atom stereocenters. The van der Waals surface area contributed by atoms with E-state index in [0.717, 1.165) is 17.0 Å². The number of fused-ring (bicyclic) bond motifs is 1. The number of thioether (sulfide) groups is 1. The molecule has 1 aliphatic rings. The number of amides is 2. The van der Waals surface area contributed by atoms with Gasteiger partial charge in [0, 0.05) is 30.3 Å². The van der Waals surface area contributed by atoms with E-state index < -0.39 is 5.91 Å². The molecule has 2 amide bonds. The number of pyridine rings is 2. The van der Waals surface area contributed by atoms with E-state index in [-0.39, 0.29) is 23.4 Å². The van der Waals surface area contributed by atoms with Gasteiger partial charge in [-0.3, -0.25) is 9.59 Å². The number of aryl methyl sites for hydroxylation is 1. The van der Waals surface area contributed by atoms with Gasteiger partial charge >= 0.3 is 0 Å². The molecule has 0 aliphatic carbocycles. The van der Waals surface area contributed by atoms with E-state index in [9.17, 15) is 9.59 Å². The molecule has 35 heavy (non-hydrogen) atoms. The van der Waals surface area contributed by atoms with Gasteiger partial charge in [-0.05, 0) is 43.7 Å². The quantitative estimate of drug-likeness (QED) is 0.391. The maximum Gasteiger partial charge on any atom is 0.274 e. The van der Waals surface area contributed by atoms with E-state index in [0.29, 0.717) is 34.5 Å². The van der Waals surface area contributed by atoms with Crippen molar-refractivity contribution in [3.8, 4) is 11.7 Å². The van der Waals surface area contributed by atoms with E-state index in [4.69, 9.17) is 16.3 Å². The third-order valence-electron chi connectivity index (χ3n) is 5.42. The Morgan fingerprint density at radius 3 is 2.77 bits per heavy atom. The third-order valence-corrected chi connectivity index (χ3v) is 6.93. The van der Waals surface area contributed by atoms with Gasteiger partial charge in [-0.2, -0.15) is 16.9 Å². The Morgan fingerprint density at radius 1 is 1.23 bits per heavy atom. The van der Waals surface area contributed by atoms with Crippen LogP contribution in [-0.4, -0.2) is 60.3 Å². The van der Waals surface area contributed by atoms with Crippen molar-refractivity contribution in [3.63, 3.8) is 0 Å². The highest BCUT2D eigenvalue weighted by Gasteiger charge is 2.27. The van der Waals surface area contributed by atoms with Crippen LogP contribution in [0.2, 0.25) is 5.02 Å². The van der Waals surface area contributed by atoms with E-state index in [1.54, 1.807) is 48.4 Å². The zero-order valence-electron chi connectivity index (χ0n) is 19.0. The molecular weight excluding hydrogens is 490 g/mol. The Morgan fingerprint density at radius 2 is 2.06 bits per heavy atom. The van der Waals surface area contributed by atoms with Crippen molar-refractivity contribution in [1.82, 2.24) is 29.7 Å². The predicted molar refractivity (Wildman–Crippen MR) is 134 cm³/mol. The normalized spacial score (nSPS) is 13.5. The average Bonchev–Trinajstić information content (AvgIpc) is 3.44. The van der Waals surface area contributed by atoms with Gasteiger partial charge < -0.3 is 15.4 Å². The molecule has 180 valence electrons. The van der Waals surface area contributed by atoms with E-state index in [1.165, 1.54) is 9.20 Å². The molecule has 0 spiro atoms. The summed E-state index contributed by atoms with van der Waals surface area (Å²) < 4.78 is 8.77. The SMILES string of the molecule is CCNC(=O)c1c(NC(=O)c2cc(OC3CSC3)nn2-c2ncccc2Cl)c(C)cc2ccnn12. The summed E-state index contributed by atoms with van der Waals surface area (Å²) in [6.45, 7) is 4.07. The first-order valence-electron chi connectivity index (χ1n) is 11.0. The molecule has 5 rings (SSSR count). The van der Waals surface area contributed by atoms with Gasteiger partial charge in [0.15, 0.2) is 11.5 Å². The van der Waals surface area contributed by atoms with E-state index in [1.807, 2.05) is 19.9 Å². The Bertz CT molecular complexity index is 1430. The zero-order chi connectivity index (χ0) is 24.5. The molecular formula is C23H22ClN7O3S. The summed E-state index contributed by atoms with van der Waals surface area (Å²) in [5, 5.41) is 14.7. The highest BCUT2D eigenvalue weighted by atomic mass is 35.5. The molecule has 1 fully saturated rings. The van der Waals surface area contributed by atoms with Crippen LogP contribution in [0.15, 0.2) is 42.7 Å². The van der Waals surface area contributed by atoms with E-state index in [2.05, 4.69) is 25.8 Å². The van der Waals surface area contributed by atoms with Crippen molar-refractivity contribution in [2.45, 2.75) is 20.0 Å². The van der Waals surface area contributed by atoms with Crippen LogP contribution in [0.1, 0.15) is 33.5 Å². The van der Waals surface area contributed by atoms with Gasteiger partial charge in [0.1, 0.15) is 11.8 Å². The lowest BCUT2D eigenvalue weighted by atomic mass is 10.1. The number of carbonyl (C=O) groups excluding carboxylic acids is 2. The number of rotatable bonds is 7. The van der Waals surface area contributed by atoms with Crippen LogP contribution in [0.25, 0.3) is 11.3 Å². The van der Waals surface area contributed by atoms with Crippen LogP contribution in [0, 0.1) is 6.92 Å². The number of nitrogens with one attached hydrogen (secondary N) is 2. The Hall–Kier alpha value is -3.57. The van der Waals surface area contributed by atoms with Gasteiger partial charge in [-0.25, -0.2) is 14.2 Å². The number of ether oxygens (including phenoxy) is 1. The maximum absolute atomic E-state index is 13.6. The highest BCUT2D eigenvalue weighted by Crippen LogP contribution is 2.28. The van der Waals surface area contributed by atoms with Crippen LogP contribution in [0.5, 0.6) is 5.88 Å². The minimum absolute atomic E-state index is 0.0345. The minimum atomic E-state index is -0.503. The highest BCUT2D eigenvalue weighted by molar-refractivity contribution is 8.00. The Balaban J connectivity index is 1.57. The molecule has 1 aliphatic heterocycles. The third kappa shape index (κ3) is 4.44. The molecule has 10 nitrogen and oxygen atoms in total. The second-order valence-corrected chi connectivity index (χ2v) is 9.38. The number of aromatic nitrogens is 5. The van der Waals surface area contributed by atoms with Crippen molar-refractivity contribution < 1.29 is 14.3 Å². The van der Waals surface area contributed by atoms with Crippen molar-refractivity contribution >= 4 is 46.4 Å². The summed E-state index contributed by atoms with van der Waals surface area (Å²) >= 11 is 8.14. The largest absolute Gasteiger partial charge is 0.472 e. The van der Waals surface area contributed by atoms with Crippen LogP contribution < -0.4 is 15.4 Å². The molecule has 0 unspecified atom stereocenters. The fourth-order valence-electron chi connectivity index (χ4n) is 3.71. The molecule has 1 saturated heterocycles. The van der Waals surface area contributed by atoms with Crippen molar-refractivity contribution in [3.05, 3.63) is 64.7 Å². The molecule has 4 aromatic heterocycles. The maximum atomic E-state index is 13.6. The standard InChI is InChI=1S/C23H22ClN7O3S/c1-3-25-23(33)20-19(13(2)9-14-6-8-27-30(14)20)28-22(32)17-10-18(34-15-11-35-12-15)29-31(17)21-16(24)5-4-7-26-21/h4-10,15H,3,11-12H2,1-2H3,(H,25,33)(H,28,32). The number of hydrogen-bond acceptors (Lipinski definition) is 7. The van der Waals surface area contributed by atoms with Crippen LogP contribution in [0.3, 0.4) is 0 Å². The first-order chi connectivity index (χ1) is 17.0. The molecule has 2 N–H and O–H groups in total. The van der Waals surface area contributed by atoms with Gasteiger partial charge in [0.05, 0.1) is 22.4 Å². The second kappa shape index (κ2) is 9.59. The van der Waals surface area contributed by atoms with Crippen molar-refractivity contribution in [1.29, 1.82) is 0 Å². The van der Waals surface area contributed by atoms with Gasteiger partial charge in [-0.15, -0.1) is 5.10 Å². The monoisotopic (exact) mass is 511 g/mol. The zero-order valence-corrected chi connectivity index (χ0v) is 20.6. The number of hydrogen-bond donors (Lipinski definition) is 2. The lowest BCUT2D eigenvalue weighted by Crippen LogP contribution is -2.31. The predicted octanol–water partition coefficient (Wildman–Crippen LogP) is 3.37. The first kappa shape index (κ1) is 23.2. The van der Waals surface area contributed by atoms with Gasteiger partial charge in [0.2, 0.25) is 5.88 Å². The summed E-state index contributed by atoms with van der Waals surface area (Å²) in [6, 6.07) is 8.55. The number of halogens is 1. The van der Waals surface area contributed by atoms with Crippen molar-refractivity contribution in [2.75, 3.05) is 23.4 Å². The Labute approximate surface area is 210 Å². The summed E-state index contributed by atoms with van der Waals surface area (Å²) in [7, 11) is 0. The topological polar surface area (TPSA) is 115 Å². The Kier molecular flexibility index (Phi) is 6.35. The lowest BCUT2D eigenvalue weighted by molar-refractivity contribution is 0.0949. The molecule has 0 saturated carbocycles. The fourth-order valence-corrected chi connectivity index (χ4v) is 4.48. The number of anilines is 1. The van der Waals surface area contributed by atoms with Crippen LogP contribution in [0.4, 0.5) is 5.69 Å². The number of nitrogens with zero attached hydrogens (tertiary/aromatic N) is 5. The molecule has 5 heterocycles. The summed E-state index contributed by atoms with van der Waals surface area (Å²) in [5.41, 5.74) is 2.17. The van der Waals surface area contributed by atoms with Crippen molar-refractivity contribution in [2.24, 2.45) is 0 Å². The first-order valence-corrected chi connectivity index (χ1v) is 12.5. The smallest absolute Gasteiger partial charge is 0.274 e.